The van der Waals surface area contributed by atoms with Gasteiger partial charge in [-0.05, 0) is 6.42 Å². The number of ether oxygens (including phenoxy) is 1. The third kappa shape index (κ3) is 2.60. The molecule has 0 bridgehead atoms. The maximum atomic E-state index is 12.7. The largest absolute Gasteiger partial charge is 0.378 e. The lowest BCUT2D eigenvalue weighted by Gasteiger charge is -2.21. The van der Waals surface area contributed by atoms with Crippen LogP contribution in [0.1, 0.15) is 20.3 Å². The predicted octanol–water partition coefficient (Wildman–Crippen LogP) is 2.31. The molecule has 0 amide bonds. The second-order valence-corrected chi connectivity index (χ2v) is 2.50. The first-order valence-electron chi connectivity index (χ1n) is 3.41. The van der Waals surface area contributed by atoms with Gasteiger partial charge in [0.15, 0.2) is 0 Å². The van der Waals surface area contributed by atoms with Crippen LogP contribution in [0, 0.1) is 5.92 Å². The van der Waals surface area contributed by atoms with Gasteiger partial charge in [-0.3, -0.25) is 0 Å². The Morgan fingerprint density at radius 2 is 2.00 bits per heavy atom. The Balaban J connectivity index is 3.82. The molecule has 1 atom stereocenters. The molecule has 0 saturated carbocycles. The molecule has 0 heterocycles. The van der Waals surface area contributed by atoms with Crippen LogP contribution >= 0.6 is 0 Å². The highest BCUT2D eigenvalue weighted by molar-refractivity contribution is 4.71. The Labute approximate surface area is 60.4 Å². The molecule has 10 heavy (non-hydrogen) atoms. The van der Waals surface area contributed by atoms with Crippen LogP contribution in [0.4, 0.5) is 8.78 Å². The highest BCUT2D eigenvalue weighted by Gasteiger charge is 2.34. The number of hydrogen-bond donors (Lipinski definition) is 0. The summed E-state index contributed by atoms with van der Waals surface area (Å²) in [5.41, 5.74) is 0. The van der Waals surface area contributed by atoms with Crippen LogP contribution in [0.5, 0.6) is 0 Å². The Morgan fingerprint density at radius 3 is 2.30 bits per heavy atom. The highest BCUT2D eigenvalue weighted by Crippen LogP contribution is 2.26. The molecule has 3 heteroatoms. The van der Waals surface area contributed by atoms with Gasteiger partial charge in [0.1, 0.15) is 6.61 Å². The summed E-state index contributed by atoms with van der Waals surface area (Å²) in [5, 5.41) is 0. The van der Waals surface area contributed by atoms with Gasteiger partial charge in [0.2, 0.25) is 0 Å². The fourth-order valence-electron chi connectivity index (χ4n) is 0.633. The summed E-state index contributed by atoms with van der Waals surface area (Å²) in [6, 6.07) is 0. The molecule has 0 aromatic heterocycles. The first-order chi connectivity index (χ1) is 4.54. The van der Waals surface area contributed by atoms with Crippen molar-refractivity contribution < 1.29 is 13.5 Å². The lowest BCUT2D eigenvalue weighted by molar-refractivity contribution is -0.103. The monoisotopic (exact) mass is 152 g/mol. The van der Waals surface area contributed by atoms with Crippen molar-refractivity contribution in [1.29, 1.82) is 0 Å². The van der Waals surface area contributed by atoms with Crippen molar-refractivity contribution in [2.75, 3.05) is 13.7 Å². The topological polar surface area (TPSA) is 9.23 Å². The van der Waals surface area contributed by atoms with Crippen LogP contribution in [0.15, 0.2) is 0 Å². The lowest BCUT2D eigenvalue weighted by Crippen LogP contribution is -2.30. The summed E-state index contributed by atoms with van der Waals surface area (Å²) in [6.45, 7) is 2.80. The molecule has 0 aliphatic heterocycles. The van der Waals surface area contributed by atoms with Crippen LogP contribution in [-0.4, -0.2) is 19.6 Å². The van der Waals surface area contributed by atoms with Gasteiger partial charge < -0.3 is 4.74 Å². The zero-order chi connectivity index (χ0) is 8.20. The van der Waals surface area contributed by atoms with Crippen molar-refractivity contribution in [3.05, 3.63) is 0 Å². The highest BCUT2D eigenvalue weighted by atomic mass is 19.3. The normalized spacial score (nSPS) is 15.3. The number of halogens is 2. The third-order valence-electron chi connectivity index (χ3n) is 1.67. The molecule has 0 fully saturated rings. The number of hydrogen-bond acceptors (Lipinski definition) is 1. The molecule has 0 aromatic carbocycles. The molecule has 0 aliphatic rings. The average Bonchev–Trinajstić information content (AvgIpc) is 1.86. The number of alkyl halides is 2. The van der Waals surface area contributed by atoms with Gasteiger partial charge in [0.05, 0.1) is 0 Å². The summed E-state index contributed by atoms with van der Waals surface area (Å²) in [7, 11) is 1.29. The Hall–Kier alpha value is -0.180. The predicted molar refractivity (Wildman–Crippen MR) is 36.3 cm³/mol. The van der Waals surface area contributed by atoms with Crippen molar-refractivity contribution in [3.63, 3.8) is 0 Å². The van der Waals surface area contributed by atoms with E-state index in [2.05, 4.69) is 4.74 Å². The van der Waals surface area contributed by atoms with Crippen LogP contribution < -0.4 is 0 Å². The third-order valence-corrected chi connectivity index (χ3v) is 1.67. The summed E-state index contributed by atoms with van der Waals surface area (Å²) in [5.74, 6) is -3.25. The van der Waals surface area contributed by atoms with E-state index in [1.165, 1.54) is 14.0 Å². The van der Waals surface area contributed by atoms with Crippen molar-refractivity contribution in [1.82, 2.24) is 0 Å². The molecule has 0 unspecified atom stereocenters. The van der Waals surface area contributed by atoms with Gasteiger partial charge in [-0.25, -0.2) is 8.78 Å². The Bertz CT molecular complexity index is 93.6. The van der Waals surface area contributed by atoms with Crippen LogP contribution in [-0.2, 0) is 4.74 Å². The van der Waals surface area contributed by atoms with Gasteiger partial charge in [-0.2, -0.15) is 0 Å². The minimum Gasteiger partial charge on any atom is -0.378 e. The van der Waals surface area contributed by atoms with E-state index in [9.17, 15) is 8.78 Å². The van der Waals surface area contributed by atoms with E-state index in [1.54, 1.807) is 6.92 Å². The van der Waals surface area contributed by atoms with Gasteiger partial charge in [-0.15, -0.1) is 0 Å². The molecule has 0 aromatic rings. The van der Waals surface area contributed by atoms with Crippen LogP contribution in [0.3, 0.4) is 0 Å². The van der Waals surface area contributed by atoms with Crippen LogP contribution in [0.25, 0.3) is 0 Å². The van der Waals surface area contributed by atoms with E-state index in [1.807, 2.05) is 0 Å². The van der Waals surface area contributed by atoms with Crippen molar-refractivity contribution in [2.24, 2.45) is 5.92 Å². The van der Waals surface area contributed by atoms with Crippen LogP contribution in [0.2, 0.25) is 0 Å². The molecule has 62 valence electrons. The average molecular weight is 152 g/mol. The summed E-state index contributed by atoms with van der Waals surface area (Å²) < 4.78 is 29.8. The minimum absolute atomic E-state index is 0.470. The van der Waals surface area contributed by atoms with E-state index in [4.69, 9.17) is 0 Å². The van der Waals surface area contributed by atoms with E-state index in [0.717, 1.165) is 0 Å². The fraction of sp³-hybridized carbons (Fsp3) is 1.00. The smallest absolute Gasteiger partial charge is 0.273 e. The summed E-state index contributed by atoms with van der Waals surface area (Å²) >= 11 is 0. The maximum absolute atomic E-state index is 12.7. The quantitative estimate of drug-likeness (QED) is 0.600. The molecule has 0 spiro atoms. The zero-order valence-corrected chi connectivity index (χ0v) is 6.66. The Morgan fingerprint density at radius 1 is 1.50 bits per heavy atom. The van der Waals surface area contributed by atoms with Gasteiger partial charge in [-0.1, -0.05) is 13.8 Å². The van der Waals surface area contributed by atoms with E-state index < -0.39 is 18.4 Å². The first kappa shape index (κ1) is 9.82. The van der Waals surface area contributed by atoms with Crippen molar-refractivity contribution in [2.45, 2.75) is 26.2 Å². The van der Waals surface area contributed by atoms with Crippen molar-refractivity contribution >= 4 is 0 Å². The lowest BCUT2D eigenvalue weighted by atomic mass is 10.0. The molecule has 0 N–H and O–H groups in total. The summed E-state index contributed by atoms with van der Waals surface area (Å²) in [4.78, 5) is 0. The molecule has 0 saturated heterocycles. The second kappa shape index (κ2) is 3.86. The molecular formula is C7H14F2O. The summed E-state index contributed by atoms with van der Waals surface area (Å²) in [6.07, 6.45) is 0.483. The SMILES string of the molecule is CC[C@@H](C)C(F)(F)COC. The maximum Gasteiger partial charge on any atom is 0.273 e. The Kier molecular flexibility index (Phi) is 3.79. The standard InChI is InChI=1S/C7H14F2O/c1-4-6(2)7(8,9)5-10-3/h6H,4-5H2,1-3H3/t6-/m1/s1. The van der Waals surface area contributed by atoms with Gasteiger partial charge in [0, 0.05) is 13.0 Å². The second-order valence-electron chi connectivity index (χ2n) is 2.50. The zero-order valence-electron chi connectivity index (χ0n) is 6.66. The van der Waals surface area contributed by atoms with Gasteiger partial charge in [0.25, 0.3) is 5.92 Å². The first-order valence-corrected chi connectivity index (χ1v) is 3.41. The fourth-order valence-corrected chi connectivity index (χ4v) is 0.633. The van der Waals surface area contributed by atoms with E-state index in [0.29, 0.717) is 6.42 Å². The molecular weight excluding hydrogens is 138 g/mol. The number of methoxy groups -OCH3 is 1. The van der Waals surface area contributed by atoms with Crippen molar-refractivity contribution in [3.8, 4) is 0 Å². The molecule has 0 aliphatic carbocycles. The molecule has 1 nitrogen and oxygen atoms in total. The molecule has 0 rings (SSSR count). The number of rotatable bonds is 4. The molecule has 0 radical (unpaired) electrons. The van der Waals surface area contributed by atoms with E-state index >= 15 is 0 Å². The van der Waals surface area contributed by atoms with E-state index in [-0.39, 0.29) is 0 Å². The van der Waals surface area contributed by atoms with Gasteiger partial charge >= 0.3 is 0 Å². The minimum atomic E-state index is -2.66.